The fourth-order valence-corrected chi connectivity index (χ4v) is 1.70. The Kier molecular flexibility index (Phi) is 4.11. The summed E-state index contributed by atoms with van der Waals surface area (Å²) in [6.07, 6.45) is 1.80. The fraction of sp³-hybridized carbons (Fsp3) is 0.636. The van der Waals surface area contributed by atoms with E-state index in [4.69, 9.17) is 9.84 Å². The van der Waals surface area contributed by atoms with Gasteiger partial charge in [-0.05, 0) is 6.92 Å². The third-order valence-corrected chi connectivity index (χ3v) is 2.66. The Balaban J connectivity index is 2.11. The number of ether oxygens (including phenoxy) is 1. The highest BCUT2D eigenvalue weighted by molar-refractivity contribution is 5.47. The van der Waals surface area contributed by atoms with Crippen LogP contribution in [0.15, 0.2) is 6.20 Å². The van der Waals surface area contributed by atoms with Crippen LogP contribution in [0.4, 0.5) is 11.8 Å². The van der Waals surface area contributed by atoms with Gasteiger partial charge in [-0.1, -0.05) is 0 Å². The molecule has 0 spiro atoms. The standard InChI is InChI=1S/C11H18N4O2/c1-9-8-13-11(14-10(9)12-2-5-16)15-3-6-17-7-4-15/h8,16H,2-7H2,1H3,(H,12,13,14). The Morgan fingerprint density at radius 3 is 2.94 bits per heavy atom. The first kappa shape index (κ1) is 12.1. The zero-order chi connectivity index (χ0) is 12.1. The summed E-state index contributed by atoms with van der Waals surface area (Å²) in [5, 5.41) is 11.9. The molecule has 1 saturated heterocycles. The number of aliphatic hydroxyl groups is 1. The summed E-state index contributed by atoms with van der Waals surface area (Å²) < 4.78 is 5.29. The Bertz CT molecular complexity index is 366. The molecule has 0 bridgehead atoms. The van der Waals surface area contributed by atoms with E-state index in [1.54, 1.807) is 6.20 Å². The van der Waals surface area contributed by atoms with E-state index in [-0.39, 0.29) is 6.61 Å². The molecule has 0 radical (unpaired) electrons. The third-order valence-electron chi connectivity index (χ3n) is 2.66. The normalized spacial score (nSPS) is 16.0. The molecule has 0 unspecified atom stereocenters. The molecule has 2 rings (SSSR count). The molecule has 1 aromatic heterocycles. The first-order valence-electron chi connectivity index (χ1n) is 5.82. The Morgan fingerprint density at radius 1 is 1.47 bits per heavy atom. The third kappa shape index (κ3) is 3.04. The van der Waals surface area contributed by atoms with Crippen molar-refractivity contribution in [3.8, 4) is 0 Å². The summed E-state index contributed by atoms with van der Waals surface area (Å²) in [6, 6.07) is 0. The minimum atomic E-state index is 0.0936. The van der Waals surface area contributed by atoms with Crippen molar-refractivity contribution in [3.05, 3.63) is 11.8 Å². The lowest BCUT2D eigenvalue weighted by molar-refractivity contribution is 0.122. The summed E-state index contributed by atoms with van der Waals surface area (Å²) in [7, 11) is 0. The number of anilines is 2. The van der Waals surface area contributed by atoms with Gasteiger partial charge in [0.2, 0.25) is 5.95 Å². The van der Waals surface area contributed by atoms with E-state index < -0.39 is 0 Å². The maximum absolute atomic E-state index is 8.80. The number of nitrogens with zero attached hydrogens (tertiary/aromatic N) is 3. The highest BCUT2D eigenvalue weighted by Gasteiger charge is 2.14. The van der Waals surface area contributed by atoms with Gasteiger partial charge in [0.25, 0.3) is 0 Å². The minimum Gasteiger partial charge on any atom is -0.395 e. The Labute approximate surface area is 101 Å². The highest BCUT2D eigenvalue weighted by atomic mass is 16.5. The first-order chi connectivity index (χ1) is 8.31. The predicted octanol–water partition coefficient (Wildman–Crippen LogP) is 0.0258. The fourth-order valence-electron chi connectivity index (χ4n) is 1.70. The number of hydrogen-bond acceptors (Lipinski definition) is 6. The van der Waals surface area contributed by atoms with Crippen LogP contribution in [-0.2, 0) is 4.74 Å². The van der Waals surface area contributed by atoms with Crippen molar-refractivity contribution < 1.29 is 9.84 Å². The molecule has 94 valence electrons. The molecule has 17 heavy (non-hydrogen) atoms. The minimum absolute atomic E-state index is 0.0936. The lowest BCUT2D eigenvalue weighted by Crippen LogP contribution is -2.37. The van der Waals surface area contributed by atoms with Crippen LogP contribution in [-0.4, -0.2) is 54.5 Å². The first-order valence-corrected chi connectivity index (χ1v) is 5.82. The summed E-state index contributed by atoms with van der Waals surface area (Å²) in [6.45, 7) is 5.62. The molecule has 6 heteroatoms. The van der Waals surface area contributed by atoms with Crippen LogP contribution in [0.1, 0.15) is 5.56 Å². The van der Waals surface area contributed by atoms with E-state index in [9.17, 15) is 0 Å². The second kappa shape index (κ2) is 5.79. The molecule has 0 amide bonds. The van der Waals surface area contributed by atoms with Crippen LogP contribution < -0.4 is 10.2 Å². The van der Waals surface area contributed by atoms with E-state index in [1.165, 1.54) is 0 Å². The Hall–Kier alpha value is -1.40. The number of nitrogens with one attached hydrogen (secondary N) is 1. The van der Waals surface area contributed by atoms with Gasteiger partial charge in [-0.3, -0.25) is 0 Å². The van der Waals surface area contributed by atoms with E-state index >= 15 is 0 Å². The van der Waals surface area contributed by atoms with Gasteiger partial charge in [0.05, 0.1) is 19.8 Å². The maximum atomic E-state index is 8.80. The average Bonchev–Trinajstić information content (AvgIpc) is 2.39. The Morgan fingerprint density at radius 2 is 2.24 bits per heavy atom. The SMILES string of the molecule is Cc1cnc(N2CCOCC2)nc1NCCO. The van der Waals surface area contributed by atoms with Crippen molar-refractivity contribution in [2.45, 2.75) is 6.92 Å². The average molecular weight is 238 g/mol. The molecule has 6 nitrogen and oxygen atoms in total. The molecule has 1 aliphatic rings. The predicted molar refractivity (Wildman–Crippen MR) is 65.4 cm³/mol. The second-order valence-corrected chi connectivity index (χ2v) is 3.95. The van der Waals surface area contributed by atoms with Crippen LogP contribution in [0, 0.1) is 6.92 Å². The molecule has 2 N–H and O–H groups in total. The number of aryl methyl sites for hydroxylation is 1. The molecule has 1 aliphatic heterocycles. The van der Waals surface area contributed by atoms with Gasteiger partial charge >= 0.3 is 0 Å². The maximum Gasteiger partial charge on any atom is 0.227 e. The molecule has 2 heterocycles. The smallest absolute Gasteiger partial charge is 0.227 e. The number of hydrogen-bond donors (Lipinski definition) is 2. The molecule has 0 saturated carbocycles. The van der Waals surface area contributed by atoms with Crippen molar-refractivity contribution in [3.63, 3.8) is 0 Å². The van der Waals surface area contributed by atoms with Gasteiger partial charge in [-0.2, -0.15) is 4.98 Å². The number of morpholine rings is 1. The van der Waals surface area contributed by atoms with E-state index in [0.717, 1.165) is 43.6 Å². The van der Waals surface area contributed by atoms with Crippen molar-refractivity contribution >= 4 is 11.8 Å². The largest absolute Gasteiger partial charge is 0.395 e. The zero-order valence-electron chi connectivity index (χ0n) is 10.0. The monoisotopic (exact) mass is 238 g/mol. The summed E-state index contributed by atoms with van der Waals surface area (Å²) >= 11 is 0. The molecular weight excluding hydrogens is 220 g/mol. The zero-order valence-corrected chi connectivity index (χ0v) is 10.0. The molecule has 0 atom stereocenters. The highest BCUT2D eigenvalue weighted by Crippen LogP contribution is 2.16. The van der Waals surface area contributed by atoms with Crippen LogP contribution in [0.2, 0.25) is 0 Å². The van der Waals surface area contributed by atoms with Crippen molar-refractivity contribution in [1.29, 1.82) is 0 Å². The van der Waals surface area contributed by atoms with Crippen LogP contribution in [0.3, 0.4) is 0 Å². The number of rotatable bonds is 4. The molecular formula is C11H18N4O2. The van der Waals surface area contributed by atoms with Gasteiger partial charge in [-0.15, -0.1) is 0 Å². The summed E-state index contributed by atoms with van der Waals surface area (Å²) in [5.41, 5.74) is 0.982. The summed E-state index contributed by atoms with van der Waals surface area (Å²) in [4.78, 5) is 10.9. The van der Waals surface area contributed by atoms with E-state index in [0.29, 0.717) is 6.54 Å². The van der Waals surface area contributed by atoms with Crippen LogP contribution in [0.5, 0.6) is 0 Å². The van der Waals surface area contributed by atoms with Crippen LogP contribution >= 0.6 is 0 Å². The van der Waals surface area contributed by atoms with Gasteiger partial charge in [-0.25, -0.2) is 4.98 Å². The number of aromatic nitrogens is 2. The van der Waals surface area contributed by atoms with E-state index in [1.807, 2.05) is 6.92 Å². The summed E-state index contributed by atoms with van der Waals surface area (Å²) in [5.74, 6) is 1.51. The van der Waals surface area contributed by atoms with Gasteiger partial charge < -0.3 is 20.1 Å². The second-order valence-electron chi connectivity index (χ2n) is 3.95. The topological polar surface area (TPSA) is 70.5 Å². The van der Waals surface area contributed by atoms with Crippen molar-refractivity contribution in [2.75, 3.05) is 49.7 Å². The molecule has 0 aromatic carbocycles. The van der Waals surface area contributed by atoms with Crippen LogP contribution in [0.25, 0.3) is 0 Å². The molecule has 1 fully saturated rings. The quantitative estimate of drug-likeness (QED) is 0.771. The molecule has 1 aromatic rings. The van der Waals surface area contributed by atoms with Crippen molar-refractivity contribution in [2.24, 2.45) is 0 Å². The van der Waals surface area contributed by atoms with Crippen molar-refractivity contribution in [1.82, 2.24) is 9.97 Å². The van der Waals surface area contributed by atoms with Gasteiger partial charge in [0, 0.05) is 31.4 Å². The van der Waals surface area contributed by atoms with Gasteiger partial charge in [0.1, 0.15) is 5.82 Å². The lowest BCUT2D eigenvalue weighted by atomic mass is 10.3. The lowest BCUT2D eigenvalue weighted by Gasteiger charge is -2.27. The van der Waals surface area contributed by atoms with Gasteiger partial charge in [0.15, 0.2) is 0 Å². The number of aliphatic hydroxyl groups excluding tert-OH is 1. The molecule has 0 aliphatic carbocycles. The van der Waals surface area contributed by atoms with E-state index in [2.05, 4.69) is 20.2 Å².